The van der Waals surface area contributed by atoms with E-state index >= 15 is 0 Å². The predicted octanol–water partition coefficient (Wildman–Crippen LogP) is 1.25. The number of nitrogen functional groups attached to an aromatic ring is 1. The fourth-order valence-electron chi connectivity index (χ4n) is 1.68. The second-order valence-corrected chi connectivity index (χ2v) is 6.22. The van der Waals surface area contributed by atoms with Crippen LogP contribution < -0.4 is 5.84 Å². The van der Waals surface area contributed by atoms with E-state index in [1.54, 1.807) is 4.90 Å². The Labute approximate surface area is 118 Å². The van der Waals surface area contributed by atoms with Crippen LogP contribution in [0, 0.1) is 0 Å². The third-order valence-electron chi connectivity index (χ3n) is 2.78. The van der Waals surface area contributed by atoms with Gasteiger partial charge in [0.1, 0.15) is 0 Å². The second-order valence-electron chi connectivity index (χ2n) is 5.28. The summed E-state index contributed by atoms with van der Waals surface area (Å²) in [6.07, 6.45) is 0. The topological polar surface area (TPSA) is 77.0 Å². The number of carbonyl (C=O) groups is 1. The summed E-state index contributed by atoms with van der Waals surface area (Å²) < 4.78 is 1.47. The lowest BCUT2D eigenvalue weighted by molar-refractivity contribution is -0.127. The molecule has 1 amide bonds. The molecule has 1 aromatic rings. The Morgan fingerprint density at radius 2 is 1.89 bits per heavy atom. The first-order valence-electron chi connectivity index (χ1n) is 6.42. The lowest BCUT2D eigenvalue weighted by Gasteiger charge is -2.18. The van der Waals surface area contributed by atoms with Gasteiger partial charge in [-0.1, -0.05) is 32.5 Å². The van der Waals surface area contributed by atoms with Crippen molar-refractivity contribution in [3.8, 4) is 0 Å². The molecule has 0 saturated carbocycles. The van der Waals surface area contributed by atoms with Crippen LogP contribution >= 0.6 is 11.8 Å². The van der Waals surface area contributed by atoms with Gasteiger partial charge >= 0.3 is 0 Å². The van der Waals surface area contributed by atoms with E-state index in [1.165, 1.54) is 16.4 Å². The number of amides is 1. The zero-order chi connectivity index (χ0) is 14.6. The number of rotatable bonds is 5. The highest BCUT2D eigenvalue weighted by Crippen LogP contribution is 2.23. The number of carbonyl (C=O) groups excluding carboxylic acids is 1. The molecular weight excluding hydrogens is 262 g/mol. The first-order chi connectivity index (χ1) is 8.81. The molecule has 0 fully saturated rings. The molecule has 0 saturated heterocycles. The Morgan fingerprint density at radius 3 is 2.32 bits per heavy atom. The third-order valence-corrected chi connectivity index (χ3v) is 3.70. The first kappa shape index (κ1) is 15.8. The Hall–Kier alpha value is -1.24. The van der Waals surface area contributed by atoms with Gasteiger partial charge in [0, 0.05) is 18.5 Å². The monoisotopic (exact) mass is 285 g/mol. The summed E-state index contributed by atoms with van der Waals surface area (Å²) >= 11 is 1.32. The minimum Gasteiger partial charge on any atom is -0.343 e. The van der Waals surface area contributed by atoms with Crippen molar-refractivity contribution >= 4 is 17.7 Å². The molecule has 1 heterocycles. The SMILES string of the molecule is CCN(CC)C(=O)CSc1nnc(C(C)(C)C)n1N. The summed E-state index contributed by atoms with van der Waals surface area (Å²) in [6.45, 7) is 11.4. The van der Waals surface area contributed by atoms with Crippen LogP contribution in [-0.4, -0.2) is 44.5 Å². The molecule has 2 N–H and O–H groups in total. The van der Waals surface area contributed by atoms with Crippen LogP contribution in [0.3, 0.4) is 0 Å². The highest BCUT2D eigenvalue weighted by Gasteiger charge is 2.23. The molecule has 0 aliphatic rings. The summed E-state index contributed by atoms with van der Waals surface area (Å²) in [4.78, 5) is 13.7. The largest absolute Gasteiger partial charge is 0.343 e. The Balaban J connectivity index is 2.70. The first-order valence-corrected chi connectivity index (χ1v) is 7.41. The van der Waals surface area contributed by atoms with Crippen LogP contribution in [0.25, 0.3) is 0 Å². The lowest BCUT2D eigenvalue weighted by Crippen LogP contribution is -2.32. The molecule has 7 heteroatoms. The molecule has 1 rings (SSSR count). The number of thioether (sulfide) groups is 1. The predicted molar refractivity (Wildman–Crippen MR) is 77.5 cm³/mol. The van der Waals surface area contributed by atoms with E-state index in [1.807, 2.05) is 34.6 Å². The van der Waals surface area contributed by atoms with Gasteiger partial charge in [-0.05, 0) is 13.8 Å². The van der Waals surface area contributed by atoms with Crippen molar-refractivity contribution in [3.63, 3.8) is 0 Å². The van der Waals surface area contributed by atoms with E-state index < -0.39 is 0 Å². The number of hydrogen-bond donors (Lipinski definition) is 1. The molecule has 1 aromatic heterocycles. The van der Waals surface area contributed by atoms with Crippen molar-refractivity contribution in [1.29, 1.82) is 0 Å². The van der Waals surface area contributed by atoms with E-state index in [4.69, 9.17) is 5.84 Å². The molecule has 0 aliphatic carbocycles. The maximum absolute atomic E-state index is 11.9. The fraction of sp³-hybridized carbons (Fsp3) is 0.750. The smallest absolute Gasteiger partial charge is 0.233 e. The molecule has 0 spiro atoms. The van der Waals surface area contributed by atoms with Crippen LogP contribution in [0.5, 0.6) is 0 Å². The normalized spacial score (nSPS) is 11.6. The quantitative estimate of drug-likeness (QED) is 0.651. The number of nitrogens with two attached hydrogens (primary N) is 1. The number of nitrogens with zero attached hydrogens (tertiary/aromatic N) is 4. The van der Waals surface area contributed by atoms with E-state index in [2.05, 4.69) is 10.2 Å². The number of aromatic nitrogens is 3. The van der Waals surface area contributed by atoms with Crippen molar-refractivity contribution in [1.82, 2.24) is 19.8 Å². The number of hydrogen-bond acceptors (Lipinski definition) is 5. The summed E-state index contributed by atoms with van der Waals surface area (Å²) in [7, 11) is 0. The average Bonchev–Trinajstić information content (AvgIpc) is 2.69. The van der Waals surface area contributed by atoms with Crippen LogP contribution in [0.2, 0.25) is 0 Å². The zero-order valence-corrected chi connectivity index (χ0v) is 13.1. The molecule has 0 aliphatic heterocycles. The highest BCUT2D eigenvalue weighted by atomic mass is 32.2. The van der Waals surface area contributed by atoms with Gasteiger partial charge in [0.2, 0.25) is 11.1 Å². The Morgan fingerprint density at radius 1 is 1.32 bits per heavy atom. The van der Waals surface area contributed by atoms with Crippen LogP contribution in [0.15, 0.2) is 5.16 Å². The van der Waals surface area contributed by atoms with E-state index in [0.717, 1.165) is 13.1 Å². The summed E-state index contributed by atoms with van der Waals surface area (Å²) in [5.41, 5.74) is -0.163. The molecule has 0 radical (unpaired) electrons. The molecule has 0 bridgehead atoms. The van der Waals surface area contributed by atoms with Gasteiger partial charge in [0.15, 0.2) is 5.82 Å². The van der Waals surface area contributed by atoms with Crippen LogP contribution in [-0.2, 0) is 10.2 Å². The van der Waals surface area contributed by atoms with Gasteiger partial charge in [0.25, 0.3) is 0 Å². The van der Waals surface area contributed by atoms with Crippen molar-refractivity contribution in [2.24, 2.45) is 0 Å². The van der Waals surface area contributed by atoms with Gasteiger partial charge in [-0.15, -0.1) is 10.2 Å². The van der Waals surface area contributed by atoms with Crippen molar-refractivity contribution in [3.05, 3.63) is 5.82 Å². The summed E-state index contributed by atoms with van der Waals surface area (Å²) in [5.74, 6) is 7.10. The van der Waals surface area contributed by atoms with Gasteiger partial charge in [0.05, 0.1) is 5.75 Å². The van der Waals surface area contributed by atoms with Crippen molar-refractivity contribution in [2.45, 2.75) is 45.2 Å². The molecule has 0 aromatic carbocycles. The standard InChI is InChI=1S/C12H23N5OS/c1-6-16(7-2)9(18)8-19-11-15-14-10(17(11)13)12(3,4)5/h6-8,13H2,1-5H3. The third kappa shape index (κ3) is 3.86. The van der Waals surface area contributed by atoms with Crippen LogP contribution in [0.1, 0.15) is 40.4 Å². The second kappa shape index (κ2) is 6.27. The minimum absolute atomic E-state index is 0.0929. The van der Waals surface area contributed by atoms with E-state index in [0.29, 0.717) is 16.7 Å². The summed E-state index contributed by atoms with van der Waals surface area (Å²) in [5, 5.41) is 8.71. The Kier molecular flexibility index (Phi) is 5.22. The van der Waals surface area contributed by atoms with Crippen LogP contribution in [0.4, 0.5) is 0 Å². The molecule has 0 atom stereocenters. The Bertz CT molecular complexity index is 434. The molecule has 19 heavy (non-hydrogen) atoms. The van der Waals surface area contributed by atoms with Gasteiger partial charge in [-0.25, -0.2) is 4.68 Å². The van der Waals surface area contributed by atoms with Crippen molar-refractivity contribution in [2.75, 3.05) is 24.7 Å². The maximum Gasteiger partial charge on any atom is 0.233 e. The highest BCUT2D eigenvalue weighted by molar-refractivity contribution is 7.99. The summed E-state index contributed by atoms with van der Waals surface area (Å²) in [6, 6.07) is 0. The zero-order valence-electron chi connectivity index (χ0n) is 12.3. The van der Waals surface area contributed by atoms with Gasteiger partial charge in [-0.3, -0.25) is 4.79 Å². The van der Waals surface area contributed by atoms with Crippen molar-refractivity contribution < 1.29 is 4.79 Å². The molecule has 0 unspecified atom stereocenters. The van der Waals surface area contributed by atoms with Gasteiger partial charge < -0.3 is 10.7 Å². The minimum atomic E-state index is -0.163. The van der Waals surface area contributed by atoms with E-state index in [9.17, 15) is 4.79 Å². The van der Waals surface area contributed by atoms with E-state index in [-0.39, 0.29) is 11.3 Å². The molecule has 6 nitrogen and oxygen atoms in total. The lowest BCUT2D eigenvalue weighted by atomic mass is 9.96. The molecule has 108 valence electrons. The average molecular weight is 285 g/mol. The van der Waals surface area contributed by atoms with Gasteiger partial charge in [-0.2, -0.15) is 0 Å². The fourth-order valence-corrected chi connectivity index (χ4v) is 2.44. The maximum atomic E-state index is 11.9. The molecular formula is C12H23N5OS.